The van der Waals surface area contributed by atoms with Gasteiger partial charge in [0.1, 0.15) is 0 Å². The Morgan fingerprint density at radius 2 is 1.62 bits per heavy atom. The molecule has 1 fully saturated rings. The second-order valence-electron chi connectivity index (χ2n) is 8.51. The van der Waals surface area contributed by atoms with E-state index < -0.39 is 30.4 Å². The number of carboxylic acids is 1. The summed E-state index contributed by atoms with van der Waals surface area (Å²) in [7, 11) is 0. The van der Waals surface area contributed by atoms with E-state index in [1.807, 2.05) is 0 Å². The summed E-state index contributed by atoms with van der Waals surface area (Å²) >= 11 is 0. The third-order valence-corrected chi connectivity index (χ3v) is 5.98. The molecule has 3 aromatic rings. The Morgan fingerprint density at radius 3 is 2.19 bits per heavy atom. The number of carboxylic acid groups (broad SMARTS) is 1. The Bertz CT molecular complexity index is 1240. The molecular weight excluding hydrogens is 491 g/mol. The number of rotatable bonds is 8. The van der Waals surface area contributed by atoms with Gasteiger partial charge in [-0.15, -0.1) is 0 Å². The standard InChI is InChI=1S/C25H24F3N5O4/c26-25(27,28)23-29-12-15(13-30-23)14-31-24(37)33-11-1-2-20(33)21(34)32-19-9-7-17(8-10-19)16-3-5-18(6-4-16)22(35)36/h3-10,12-13,20,24,31,37H,1-2,11,14H2,(H,32,34)(H,35,36)/t20-,24?/m1/s1. The third kappa shape index (κ3) is 6.47. The van der Waals surface area contributed by atoms with Gasteiger partial charge in [-0.1, -0.05) is 24.3 Å². The highest BCUT2D eigenvalue weighted by atomic mass is 19.4. The van der Waals surface area contributed by atoms with Gasteiger partial charge in [-0.2, -0.15) is 13.2 Å². The van der Waals surface area contributed by atoms with E-state index >= 15 is 0 Å². The molecule has 194 valence electrons. The highest BCUT2D eigenvalue weighted by Crippen LogP contribution is 2.26. The molecule has 0 bridgehead atoms. The number of nitrogens with one attached hydrogen (secondary N) is 2. The monoisotopic (exact) mass is 515 g/mol. The van der Waals surface area contributed by atoms with Gasteiger partial charge in [0.25, 0.3) is 0 Å². The first-order valence-corrected chi connectivity index (χ1v) is 11.4. The molecule has 2 atom stereocenters. The molecule has 37 heavy (non-hydrogen) atoms. The van der Waals surface area contributed by atoms with E-state index in [0.717, 1.165) is 23.5 Å². The number of nitrogens with zero attached hydrogens (tertiary/aromatic N) is 3. The number of carbonyl (C=O) groups excluding carboxylic acids is 1. The summed E-state index contributed by atoms with van der Waals surface area (Å²) in [5, 5.41) is 25.2. The molecule has 1 aliphatic heterocycles. The molecule has 1 saturated heterocycles. The fourth-order valence-electron chi connectivity index (χ4n) is 4.06. The third-order valence-electron chi connectivity index (χ3n) is 5.98. The van der Waals surface area contributed by atoms with Crippen molar-refractivity contribution < 1.29 is 33.0 Å². The number of hydrogen-bond donors (Lipinski definition) is 4. The van der Waals surface area contributed by atoms with Crippen LogP contribution in [-0.4, -0.2) is 55.9 Å². The molecule has 1 aromatic heterocycles. The van der Waals surface area contributed by atoms with Crippen molar-refractivity contribution in [3.63, 3.8) is 0 Å². The predicted molar refractivity (Wildman–Crippen MR) is 127 cm³/mol. The quantitative estimate of drug-likeness (QED) is 0.337. The van der Waals surface area contributed by atoms with Crippen molar-refractivity contribution in [2.24, 2.45) is 0 Å². The number of likely N-dealkylation sites (tertiary alicyclic amines) is 1. The first kappa shape index (κ1) is 26.2. The van der Waals surface area contributed by atoms with Crippen LogP contribution < -0.4 is 10.6 Å². The summed E-state index contributed by atoms with van der Waals surface area (Å²) in [6.07, 6.45) is -2.54. The molecule has 12 heteroatoms. The van der Waals surface area contributed by atoms with E-state index in [4.69, 9.17) is 5.11 Å². The molecule has 4 N–H and O–H groups in total. The molecule has 0 aliphatic carbocycles. The van der Waals surface area contributed by atoms with Crippen molar-refractivity contribution in [3.8, 4) is 11.1 Å². The summed E-state index contributed by atoms with van der Waals surface area (Å²) in [4.78, 5) is 32.1. The zero-order chi connectivity index (χ0) is 26.6. The molecule has 4 rings (SSSR count). The molecule has 2 heterocycles. The van der Waals surface area contributed by atoms with Crippen molar-refractivity contribution in [1.29, 1.82) is 0 Å². The number of alkyl halides is 3. The van der Waals surface area contributed by atoms with Crippen LogP contribution in [0.4, 0.5) is 18.9 Å². The second kappa shape index (κ2) is 11.0. The maximum absolute atomic E-state index is 12.9. The predicted octanol–water partition coefficient (Wildman–Crippen LogP) is 3.33. The van der Waals surface area contributed by atoms with Crippen LogP contribution in [-0.2, 0) is 17.5 Å². The van der Waals surface area contributed by atoms with Crippen molar-refractivity contribution in [2.75, 3.05) is 11.9 Å². The normalized spacial score (nSPS) is 16.9. The summed E-state index contributed by atoms with van der Waals surface area (Å²) in [6.45, 7) is 0.472. The Balaban J connectivity index is 1.33. The minimum atomic E-state index is -4.63. The Morgan fingerprint density at radius 1 is 1.03 bits per heavy atom. The second-order valence-corrected chi connectivity index (χ2v) is 8.51. The zero-order valence-corrected chi connectivity index (χ0v) is 19.4. The maximum Gasteiger partial charge on any atom is 0.451 e. The van der Waals surface area contributed by atoms with Crippen LogP contribution in [0.1, 0.15) is 34.6 Å². The van der Waals surface area contributed by atoms with E-state index in [2.05, 4.69) is 20.6 Å². The highest BCUT2D eigenvalue weighted by molar-refractivity contribution is 5.95. The SMILES string of the molecule is O=C(O)c1ccc(-c2ccc(NC(=O)[C@H]3CCCN3C(O)NCc3cnc(C(F)(F)F)nc3)cc2)cc1. The van der Waals surface area contributed by atoms with E-state index in [0.29, 0.717) is 30.6 Å². The number of anilines is 1. The van der Waals surface area contributed by atoms with E-state index in [9.17, 15) is 27.9 Å². The van der Waals surface area contributed by atoms with Crippen LogP contribution >= 0.6 is 0 Å². The maximum atomic E-state index is 12.9. The number of aromatic nitrogens is 2. The summed E-state index contributed by atoms with van der Waals surface area (Å²) in [6, 6.07) is 12.9. The van der Waals surface area contributed by atoms with E-state index in [1.165, 1.54) is 12.1 Å². The Hall–Kier alpha value is -3.87. The van der Waals surface area contributed by atoms with E-state index in [-0.39, 0.29) is 18.0 Å². The van der Waals surface area contributed by atoms with Crippen molar-refractivity contribution >= 4 is 17.6 Å². The van der Waals surface area contributed by atoms with E-state index in [1.54, 1.807) is 41.3 Å². The lowest BCUT2D eigenvalue weighted by atomic mass is 10.0. The van der Waals surface area contributed by atoms with Crippen LogP contribution in [0.25, 0.3) is 11.1 Å². The molecule has 1 amide bonds. The fraction of sp³-hybridized carbons (Fsp3) is 0.280. The molecule has 0 spiro atoms. The smallest absolute Gasteiger partial charge is 0.451 e. The van der Waals surface area contributed by atoms with Crippen molar-refractivity contribution in [2.45, 2.75) is 38.0 Å². The Labute approximate surface area is 210 Å². The Kier molecular flexibility index (Phi) is 7.81. The molecular formula is C25H24F3N5O4. The molecule has 0 radical (unpaired) electrons. The first-order valence-electron chi connectivity index (χ1n) is 11.4. The highest BCUT2D eigenvalue weighted by Gasteiger charge is 2.35. The number of aromatic carboxylic acids is 1. The zero-order valence-electron chi connectivity index (χ0n) is 19.4. The van der Waals surface area contributed by atoms with Crippen LogP contribution in [0.3, 0.4) is 0 Å². The van der Waals surface area contributed by atoms with Crippen LogP contribution in [0.5, 0.6) is 0 Å². The number of aliphatic hydroxyl groups is 1. The van der Waals surface area contributed by atoms with Crippen molar-refractivity contribution in [1.82, 2.24) is 20.2 Å². The van der Waals surface area contributed by atoms with Gasteiger partial charge in [-0.25, -0.2) is 14.8 Å². The van der Waals surface area contributed by atoms with Gasteiger partial charge in [0.05, 0.1) is 11.6 Å². The van der Waals surface area contributed by atoms with Gasteiger partial charge in [-0.05, 0) is 48.2 Å². The van der Waals surface area contributed by atoms with Gasteiger partial charge in [0.2, 0.25) is 11.7 Å². The van der Waals surface area contributed by atoms with Gasteiger partial charge >= 0.3 is 12.1 Å². The molecule has 9 nitrogen and oxygen atoms in total. The average Bonchev–Trinajstić information content (AvgIpc) is 3.38. The summed E-state index contributed by atoms with van der Waals surface area (Å²) in [5.41, 5.74) is 2.79. The lowest BCUT2D eigenvalue weighted by molar-refractivity contribution is -0.145. The molecule has 2 aromatic carbocycles. The molecule has 0 saturated carbocycles. The topological polar surface area (TPSA) is 128 Å². The lowest BCUT2D eigenvalue weighted by Gasteiger charge is -2.29. The van der Waals surface area contributed by atoms with Gasteiger partial charge in [0.15, 0.2) is 6.35 Å². The largest absolute Gasteiger partial charge is 0.478 e. The number of benzene rings is 2. The van der Waals surface area contributed by atoms with Crippen LogP contribution in [0.2, 0.25) is 0 Å². The van der Waals surface area contributed by atoms with Crippen LogP contribution in [0, 0.1) is 0 Å². The number of halogens is 3. The summed E-state index contributed by atoms with van der Waals surface area (Å²) < 4.78 is 37.8. The number of aliphatic hydroxyl groups excluding tert-OH is 1. The average molecular weight is 515 g/mol. The number of hydrogen-bond acceptors (Lipinski definition) is 7. The lowest BCUT2D eigenvalue weighted by Crippen LogP contribution is -2.51. The molecule has 1 unspecified atom stereocenters. The van der Waals surface area contributed by atoms with Gasteiger partial charge in [0, 0.05) is 36.7 Å². The van der Waals surface area contributed by atoms with Gasteiger partial charge < -0.3 is 15.5 Å². The first-order chi connectivity index (χ1) is 17.6. The number of amides is 1. The van der Waals surface area contributed by atoms with Crippen molar-refractivity contribution in [3.05, 3.63) is 77.9 Å². The minimum Gasteiger partial charge on any atom is -0.478 e. The van der Waals surface area contributed by atoms with Gasteiger partial charge in [-0.3, -0.25) is 15.0 Å². The van der Waals surface area contributed by atoms with Crippen LogP contribution in [0.15, 0.2) is 60.9 Å². The minimum absolute atomic E-state index is 0.0129. The fourth-order valence-corrected chi connectivity index (χ4v) is 4.06. The summed E-state index contributed by atoms with van der Waals surface area (Å²) in [5.74, 6) is -2.54. The molecule has 1 aliphatic rings. The number of carbonyl (C=O) groups is 2.